The van der Waals surface area contributed by atoms with Crippen LogP contribution in [0.2, 0.25) is 0 Å². The van der Waals surface area contributed by atoms with Crippen LogP contribution < -0.4 is 14.8 Å². The molecule has 0 fully saturated rings. The molecular formula is C14H11N3Se. The fraction of sp³-hybridized carbons (Fsp3) is 0. The second-order valence-corrected chi connectivity index (χ2v) is 5.88. The quantitative estimate of drug-likeness (QED) is 0.792. The summed E-state index contributed by atoms with van der Waals surface area (Å²) in [6.45, 7) is 0. The average Bonchev–Trinajstić information content (AvgIpc) is 2.98. The Morgan fingerprint density at radius 3 is 2.56 bits per heavy atom. The Bertz CT molecular complexity index is 636. The molecular weight excluding hydrogens is 289 g/mol. The summed E-state index contributed by atoms with van der Waals surface area (Å²) in [5.41, 5.74) is 3.67. The summed E-state index contributed by atoms with van der Waals surface area (Å²) in [7, 11) is 0. The minimum atomic E-state index is 0.275. The molecule has 0 atom stereocenters. The van der Waals surface area contributed by atoms with E-state index in [9.17, 15) is 0 Å². The summed E-state index contributed by atoms with van der Waals surface area (Å²) in [4.78, 5) is 0. The van der Waals surface area contributed by atoms with Gasteiger partial charge in [-0.1, -0.05) is 0 Å². The molecule has 2 aromatic rings. The number of nitrogens with zero attached hydrogens (tertiary/aromatic N) is 1. The Labute approximate surface area is 112 Å². The van der Waals surface area contributed by atoms with Crippen LogP contribution in [-0.4, -0.2) is 15.2 Å². The molecule has 0 unspecified atom stereocenters. The number of benzene rings is 2. The van der Waals surface area contributed by atoms with E-state index in [0.717, 1.165) is 0 Å². The number of anilines is 2. The van der Waals surface area contributed by atoms with Gasteiger partial charge in [-0.3, -0.25) is 0 Å². The molecule has 0 saturated carbocycles. The number of fused-ring (bicyclic) bond motifs is 3. The average molecular weight is 300 g/mol. The molecule has 0 aromatic heterocycles. The molecule has 18 heavy (non-hydrogen) atoms. The summed E-state index contributed by atoms with van der Waals surface area (Å²) in [5.74, 6) is 1.18. The summed E-state index contributed by atoms with van der Waals surface area (Å²) in [6.07, 6.45) is 0. The molecule has 88 valence electrons. The first-order chi connectivity index (χ1) is 8.93. The molecule has 0 radical (unpaired) electrons. The number of nitrogens with one attached hydrogen (secondary N) is 2. The van der Waals surface area contributed by atoms with Crippen LogP contribution in [-0.2, 0) is 0 Å². The van der Waals surface area contributed by atoms with Crippen molar-refractivity contribution in [2.45, 2.75) is 0 Å². The zero-order valence-corrected chi connectivity index (χ0v) is 11.3. The van der Waals surface area contributed by atoms with Crippen molar-refractivity contribution >= 4 is 31.0 Å². The monoisotopic (exact) mass is 301 g/mol. The van der Waals surface area contributed by atoms with E-state index in [2.05, 4.69) is 69.4 Å². The van der Waals surface area contributed by atoms with Crippen LogP contribution in [0.25, 0.3) is 4.47 Å². The number of rotatable bonds is 1. The van der Waals surface area contributed by atoms with E-state index >= 15 is 0 Å². The fourth-order valence-electron chi connectivity index (χ4n) is 2.26. The normalized spacial score (nSPS) is 16.6. The van der Waals surface area contributed by atoms with Crippen molar-refractivity contribution < 1.29 is 0 Å². The third-order valence-corrected chi connectivity index (χ3v) is 5.01. The third-order valence-electron chi connectivity index (χ3n) is 3.11. The predicted molar refractivity (Wildman–Crippen MR) is 74.8 cm³/mol. The Kier molecular flexibility index (Phi) is 2.20. The Morgan fingerprint density at radius 1 is 0.889 bits per heavy atom. The van der Waals surface area contributed by atoms with Gasteiger partial charge in [-0.25, -0.2) is 0 Å². The fourth-order valence-corrected chi connectivity index (χ4v) is 4.07. The predicted octanol–water partition coefficient (Wildman–Crippen LogP) is 2.38. The van der Waals surface area contributed by atoms with Crippen molar-refractivity contribution in [2.24, 2.45) is 0 Å². The van der Waals surface area contributed by atoms with Crippen LogP contribution >= 0.6 is 0 Å². The van der Waals surface area contributed by atoms with E-state index in [1.807, 2.05) is 0 Å². The van der Waals surface area contributed by atoms with Crippen LogP contribution in [0, 0.1) is 0 Å². The van der Waals surface area contributed by atoms with Gasteiger partial charge >= 0.3 is 112 Å². The van der Waals surface area contributed by atoms with Gasteiger partial charge in [0.05, 0.1) is 0 Å². The second kappa shape index (κ2) is 3.89. The van der Waals surface area contributed by atoms with Gasteiger partial charge in [-0.2, -0.15) is 0 Å². The van der Waals surface area contributed by atoms with E-state index in [1.54, 1.807) is 0 Å². The minimum absolute atomic E-state index is 0.275. The van der Waals surface area contributed by atoms with Crippen molar-refractivity contribution in [3.05, 3.63) is 66.0 Å². The van der Waals surface area contributed by atoms with E-state index in [1.165, 1.54) is 27.2 Å². The standard InChI is InChI=1S/C14H11N3Se/c1-2-6-10(7-3-1)13-14-15-11-8-4-5-9-12(11)17(14)16-18-13/h1-9,15-16H. The maximum atomic E-state index is 3.50. The summed E-state index contributed by atoms with van der Waals surface area (Å²) in [6, 6.07) is 18.9. The van der Waals surface area contributed by atoms with Gasteiger partial charge in [-0.15, -0.1) is 0 Å². The Balaban J connectivity index is 1.83. The first-order valence-electron chi connectivity index (χ1n) is 5.82. The van der Waals surface area contributed by atoms with Gasteiger partial charge < -0.3 is 0 Å². The van der Waals surface area contributed by atoms with Gasteiger partial charge in [0.25, 0.3) is 0 Å². The van der Waals surface area contributed by atoms with E-state index < -0.39 is 0 Å². The molecule has 2 aliphatic rings. The Morgan fingerprint density at radius 2 is 1.67 bits per heavy atom. The zero-order valence-electron chi connectivity index (χ0n) is 9.55. The molecule has 2 N–H and O–H groups in total. The third kappa shape index (κ3) is 1.40. The van der Waals surface area contributed by atoms with Crippen molar-refractivity contribution in [2.75, 3.05) is 10.3 Å². The van der Waals surface area contributed by atoms with Crippen molar-refractivity contribution in [1.29, 1.82) is 0 Å². The number of hydrazine groups is 1. The number of hydrogen-bond acceptors (Lipinski definition) is 3. The molecule has 2 heterocycles. The van der Waals surface area contributed by atoms with Crippen LogP contribution in [0.15, 0.2) is 60.4 Å². The van der Waals surface area contributed by atoms with Gasteiger partial charge in [0, 0.05) is 0 Å². The molecule has 0 aliphatic carbocycles. The van der Waals surface area contributed by atoms with Crippen LogP contribution in [0.5, 0.6) is 0 Å². The van der Waals surface area contributed by atoms with Gasteiger partial charge in [0.2, 0.25) is 0 Å². The summed E-state index contributed by atoms with van der Waals surface area (Å²) >= 11 is 0.275. The molecule has 4 rings (SSSR count). The van der Waals surface area contributed by atoms with Crippen LogP contribution in [0.4, 0.5) is 11.4 Å². The molecule has 2 aromatic carbocycles. The zero-order chi connectivity index (χ0) is 11.9. The van der Waals surface area contributed by atoms with Gasteiger partial charge in [0.15, 0.2) is 0 Å². The van der Waals surface area contributed by atoms with E-state index in [-0.39, 0.29) is 15.2 Å². The second-order valence-electron chi connectivity index (χ2n) is 4.21. The SMILES string of the molecule is c1ccc(C2=C3Nc4ccccc4N3N[Se]2)cc1. The summed E-state index contributed by atoms with van der Waals surface area (Å²) in [5, 5.41) is 5.67. The molecule has 3 nitrogen and oxygen atoms in total. The van der Waals surface area contributed by atoms with E-state index in [4.69, 9.17) is 0 Å². The van der Waals surface area contributed by atoms with Crippen LogP contribution in [0.3, 0.4) is 0 Å². The van der Waals surface area contributed by atoms with Crippen LogP contribution in [0.1, 0.15) is 5.56 Å². The number of hydrogen-bond donors (Lipinski definition) is 2. The topological polar surface area (TPSA) is 27.3 Å². The van der Waals surface area contributed by atoms with Crippen molar-refractivity contribution in [3.63, 3.8) is 0 Å². The van der Waals surface area contributed by atoms with Gasteiger partial charge in [-0.05, 0) is 0 Å². The van der Waals surface area contributed by atoms with Crippen molar-refractivity contribution in [3.8, 4) is 0 Å². The van der Waals surface area contributed by atoms with E-state index in [0.29, 0.717) is 0 Å². The first kappa shape index (κ1) is 10.2. The Hall–Kier alpha value is -1.74. The molecule has 2 aliphatic heterocycles. The van der Waals surface area contributed by atoms with Crippen molar-refractivity contribution in [1.82, 2.24) is 4.44 Å². The molecule has 0 amide bonds. The maximum absolute atomic E-state index is 3.50. The molecule has 0 spiro atoms. The number of para-hydroxylation sites is 2. The summed E-state index contributed by atoms with van der Waals surface area (Å²) < 4.78 is 4.86. The van der Waals surface area contributed by atoms with Gasteiger partial charge in [0.1, 0.15) is 0 Å². The molecule has 0 saturated heterocycles. The first-order valence-corrected chi connectivity index (χ1v) is 7.53. The molecule has 0 bridgehead atoms. The molecule has 4 heteroatoms.